The molecule has 124 valence electrons. The van der Waals surface area contributed by atoms with Crippen LogP contribution in [0.15, 0.2) is 46.9 Å². The summed E-state index contributed by atoms with van der Waals surface area (Å²) in [5.74, 6) is -2.07. The largest absolute Gasteiger partial charge is 0.325 e. The van der Waals surface area contributed by atoms with Crippen molar-refractivity contribution in [3.63, 3.8) is 0 Å². The van der Waals surface area contributed by atoms with Crippen LogP contribution in [0.2, 0.25) is 0 Å². The Morgan fingerprint density at radius 1 is 1.17 bits per heavy atom. The Kier molecular flexibility index (Phi) is 4.13. The van der Waals surface area contributed by atoms with Crippen molar-refractivity contribution in [2.45, 2.75) is 19.0 Å². The van der Waals surface area contributed by atoms with Crippen LogP contribution < -0.4 is 5.32 Å². The first kappa shape index (κ1) is 16.6. The van der Waals surface area contributed by atoms with E-state index in [1.54, 1.807) is 18.2 Å². The third kappa shape index (κ3) is 2.69. The van der Waals surface area contributed by atoms with Crippen molar-refractivity contribution in [1.29, 1.82) is 0 Å². The summed E-state index contributed by atoms with van der Waals surface area (Å²) in [7, 11) is 0. The van der Waals surface area contributed by atoms with Gasteiger partial charge in [-0.2, -0.15) is 0 Å². The lowest BCUT2D eigenvalue weighted by molar-refractivity contribution is -0.131. The maximum absolute atomic E-state index is 14.1. The maximum Gasteiger partial charge on any atom is 0.325 e. The average molecular weight is 395 g/mol. The van der Waals surface area contributed by atoms with Crippen LogP contribution in [0.1, 0.15) is 18.1 Å². The molecule has 1 aliphatic heterocycles. The van der Waals surface area contributed by atoms with E-state index < -0.39 is 29.1 Å². The number of carbonyl (C=O) groups is 2. The second kappa shape index (κ2) is 5.98. The normalized spacial score (nSPS) is 20.4. The van der Waals surface area contributed by atoms with Gasteiger partial charge >= 0.3 is 6.03 Å². The van der Waals surface area contributed by atoms with Crippen molar-refractivity contribution in [2.24, 2.45) is 0 Å². The number of rotatable bonds is 3. The molecule has 0 bridgehead atoms. The number of halogens is 3. The van der Waals surface area contributed by atoms with E-state index in [1.807, 2.05) is 6.07 Å². The fourth-order valence-electron chi connectivity index (χ4n) is 2.70. The van der Waals surface area contributed by atoms with E-state index in [2.05, 4.69) is 21.2 Å². The van der Waals surface area contributed by atoms with Gasteiger partial charge in [-0.25, -0.2) is 13.6 Å². The van der Waals surface area contributed by atoms with Crippen molar-refractivity contribution < 1.29 is 18.4 Å². The van der Waals surface area contributed by atoms with E-state index in [0.29, 0.717) is 0 Å². The molecule has 0 spiro atoms. The van der Waals surface area contributed by atoms with Crippen molar-refractivity contribution >= 4 is 27.9 Å². The molecule has 2 aromatic carbocycles. The van der Waals surface area contributed by atoms with Gasteiger partial charge in [0.15, 0.2) is 0 Å². The highest BCUT2D eigenvalue weighted by Gasteiger charge is 2.50. The Bertz CT molecular complexity index is 843. The molecule has 0 aromatic heterocycles. The van der Waals surface area contributed by atoms with Gasteiger partial charge in [-0.3, -0.25) is 9.69 Å². The molecule has 1 saturated heterocycles. The fourth-order valence-corrected chi connectivity index (χ4v) is 3.11. The smallest absolute Gasteiger partial charge is 0.319 e. The van der Waals surface area contributed by atoms with E-state index in [1.165, 1.54) is 6.92 Å². The first-order valence-corrected chi connectivity index (χ1v) is 7.95. The molecular formula is C17H13BrF2N2O2. The highest BCUT2D eigenvalue weighted by molar-refractivity contribution is 9.10. The van der Waals surface area contributed by atoms with Crippen LogP contribution in [0.4, 0.5) is 13.6 Å². The Balaban J connectivity index is 1.96. The number of amides is 3. The van der Waals surface area contributed by atoms with Gasteiger partial charge in [-0.1, -0.05) is 34.1 Å². The Labute approximate surface area is 145 Å². The van der Waals surface area contributed by atoms with E-state index >= 15 is 0 Å². The second-order valence-electron chi connectivity index (χ2n) is 5.66. The van der Waals surface area contributed by atoms with Crippen LogP contribution >= 0.6 is 15.9 Å². The number of nitrogens with one attached hydrogen (secondary N) is 1. The number of urea groups is 1. The van der Waals surface area contributed by atoms with Gasteiger partial charge < -0.3 is 5.32 Å². The molecule has 3 rings (SSSR count). The summed E-state index contributed by atoms with van der Waals surface area (Å²) in [6.45, 7) is 1.39. The predicted molar refractivity (Wildman–Crippen MR) is 86.9 cm³/mol. The SMILES string of the molecule is C[C@@]1(c2cc(F)ccc2F)NC(=O)N(Cc2ccccc2Br)C1=O. The lowest BCUT2D eigenvalue weighted by Crippen LogP contribution is -2.41. The molecule has 0 saturated carbocycles. The van der Waals surface area contributed by atoms with Crippen molar-refractivity contribution in [1.82, 2.24) is 10.2 Å². The third-order valence-corrected chi connectivity index (χ3v) is 4.80. The Hall–Kier alpha value is -2.28. The molecule has 2 aromatic rings. The molecule has 0 radical (unpaired) electrons. The molecule has 4 nitrogen and oxygen atoms in total. The second-order valence-corrected chi connectivity index (χ2v) is 6.52. The number of hydrogen-bond acceptors (Lipinski definition) is 2. The molecule has 1 fully saturated rings. The number of hydrogen-bond donors (Lipinski definition) is 1. The van der Waals surface area contributed by atoms with Crippen LogP contribution in [0, 0.1) is 11.6 Å². The number of carbonyl (C=O) groups excluding carboxylic acids is 2. The summed E-state index contributed by atoms with van der Waals surface area (Å²) in [6.07, 6.45) is 0. The monoisotopic (exact) mass is 394 g/mol. The average Bonchev–Trinajstić information content (AvgIpc) is 2.76. The third-order valence-electron chi connectivity index (χ3n) is 4.03. The van der Waals surface area contributed by atoms with Gasteiger partial charge in [-0.05, 0) is 36.8 Å². The topological polar surface area (TPSA) is 49.4 Å². The summed E-state index contributed by atoms with van der Waals surface area (Å²) in [5.41, 5.74) is -1.12. The van der Waals surface area contributed by atoms with E-state index in [9.17, 15) is 18.4 Å². The van der Waals surface area contributed by atoms with Crippen molar-refractivity contribution in [3.8, 4) is 0 Å². The van der Waals surface area contributed by atoms with Gasteiger partial charge in [0.25, 0.3) is 5.91 Å². The molecule has 1 atom stereocenters. The van der Waals surface area contributed by atoms with Crippen LogP contribution in [0.5, 0.6) is 0 Å². The molecule has 7 heteroatoms. The van der Waals surface area contributed by atoms with Gasteiger partial charge in [0.1, 0.15) is 17.2 Å². The number of imide groups is 1. The fraction of sp³-hybridized carbons (Fsp3) is 0.176. The Morgan fingerprint density at radius 2 is 1.88 bits per heavy atom. The molecule has 1 heterocycles. The van der Waals surface area contributed by atoms with Gasteiger partial charge in [0.2, 0.25) is 0 Å². The quantitative estimate of drug-likeness (QED) is 0.806. The summed E-state index contributed by atoms with van der Waals surface area (Å²) in [4.78, 5) is 26.0. The van der Waals surface area contributed by atoms with Gasteiger partial charge in [-0.15, -0.1) is 0 Å². The van der Waals surface area contributed by atoms with Gasteiger partial charge in [0, 0.05) is 10.0 Å². The minimum absolute atomic E-state index is 0.0264. The predicted octanol–water partition coefficient (Wildman–Crippen LogP) is 3.69. The van der Waals surface area contributed by atoms with E-state index in [-0.39, 0.29) is 12.1 Å². The summed E-state index contributed by atoms with van der Waals surface area (Å²) < 4.78 is 28.3. The summed E-state index contributed by atoms with van der Waals surface area (Å²) in [5, 5.41) is 2.47. The zero-order valence-electron chi connectivity index (χ0n) is 12.6. The summed E-state index contributed by atoms with van der Waals surface area (Å²) in [6, 6.07) is 9.32. The summed E-state index contributed by atoms with van der Waals surface area (Å²) >= 11 is 3.36. The minimum Gasteiger partial charge on any atom is -0.319 e. The molecule has 3 amide bonds. The Morgan fingerprint density at radius 3 is 2.58 bits per heavy atom. The first-order chi connectivity index (χ1) is 11.3. The molecule has 24 heavy (non-hydrogen) atoms. The van der Waals surface area contributed by atoms with Crippen molar-refractivity contribution in [3.05, 3.63) is 69.7 Å². The molecule has 0 aliphatic carbocycles. The lowest BCUT2D eigenvalue weighted by atomic mass is 9.91. The van der Waals surface area contributed by atoms with Gasteiger partial charge in [0.05, 0.1) is 6.54 Å². The highest BCUT2D eigenvalue weighted by atomic mass is 79.9. The zero-order valence-corrected chi connectivity index (χ0v) is 14.2. The number of nitrogens with zero attached hydrogens (tertiary/aromatic N) is 1. The van der Waals surface area contributed by atoms with Crippen molar-refractivity contribution in [2.75, 3.05) is 0 Å². The maximum atomic E-state index is 14.1. The minimum atomic E-state index is -1.65. The lowest BCUT2D eigenvalue weighted by Gasteiger charge is -2.23. The van der Waals surface area contributed by atoms with Crippen LogP contribution in [0.3, 0.4) is 0 Å². The standard InChI is InChI=1S/C17H13BrF2N2O2/c1-17(12-8-11(19)6-7-14(12)20)15(23)22(16(24)21-17)9-10-4-2-3-5-13(10)18/h2-8H,9H2,1H3,(H,21,24)/t17-/m0/s1. The molecule has 1 aliphatic rings. The highest BCUT2D eigenvalue weighted by Crippen LogP contribution is 2.32. The molecular weight excluding hydrogens is 382 g/mol. The van der Waals surface area contributed by atoms with Crippen LogP contribution in [0.25, 0.3) is 0 Å². The van der Waals surface area contributed by atoms with E-state index in [0.717, 1.165) is 33.1 Å². The van der Waals surface area contributed by atoms with Crippen LogP contribution in [-0.2, 0) is 16.9 Å². The number of benzene rings is 2. The molecule has 0 unspecified atom stereocenters. The first-order valence-electron chi connectivity index (χ1n) is 7.16. The zero-order chi connectivity index (χ0) is 17.5. The molecule has 1 N–H and O–H groups in total. The van der Waals surface area contributed by atoms with Crippen LogP contribution in [-0.4, -0.2) is 16.8 Å². The van der Waals surface area contributed by atoms with E-state index in [4.69, 9.17) is 0 Å².